The molecule has 0 spiro atoms. The van der Waals surface area contributed by atoms with Crippen molar-refractivity contribution in [3.05, 3.63) is 29.7 Å². The summed E-state index contributed by atoms with van der Waals surface area (Å²) in [6.07, 6.45) is 3.37. The van der Waals surface area contributed by atoms with E-state index in [9.17, 15) is 8.42 Å². The third-order valence-corrected chi connectivity index (χ3v) is 5.27. The van der Waals surface area contributed by atoms with Crippen molar-refractivity contribution < 1.29 is 8.42 Å². The number of hydrogen-bond acceptors (Lipinski definition) is 4. The summed E-state index contributed by atoms with van der Waals surface area (Å²) in [5, 5.41) is 8.29. The highest BCUT2D eigenvalue weighted by Crippen LogP contribution is 2.22. The van der Waals surface area contributed by atoms with Gasteiger partial charge in [0, 0.05) is 12.6 Å². The molecule has 1 saturated heterocycles. The number of hydrogen-bond donors (Lipinski definition) is 0. The van der Waals surface area contributed by atoms with Crippen LogP contribution >= 0.6 is 0 Å². The maximum absolute atomic E-state index is 11.4. The molecule has 1 fully saturated rings. The maximum Gasteiger partial charge on any atom is 0.161 e. The predicted molar refractivity (Wildman–Crippen MR) is 68.2 cm³/mol. The van der Waals surface area contributed by atoms with Crippen LogP contribution in [0.15, 0.2) is 18.3 Å². The molecule has 1 aliphatic rings. The van der Waals surface area contributed by atoms with E-state index >= 15 is 0 Å². The van der Waals surface area contributed by atoms with Crippen molar-refractivity contribution in [1.82, 2.24) is 14.6 Å². The second-order valence-corrected chi connectivity index (χ2v) is 7.25. The molecule has 0 aromatic carbocycles. The Hall–Kier alpha value is -1.43. The molecular formula is C12H15N3O2S. The van der Waals surface area contributed by atoms with Gasteiger partial charge in [0.15, 0.2) is 15.5 Å². The molecule has 1 aliphatic heterocycles. The first-order valence-corrected chi connectivity index (χ1v) is 7.86. The average Bonchev–Trinajstić information content (AvgIpc) is 2.83. The van der Waals surface area contributed by atoms with Crippen LogP contribution in [0.3, 0.4) is 0 Å². The lowest BCUT2D eigenvalue weighted by Crippen LogP contribution is -2.09. The van der Waals surface area contributed by atoms with Crippen molar-refractivity contribution in [3.8, 4) is 0 Å². The molecule has 0 saturated carbocycles. The highest BCUT2D eigenvalue weighted by Gasteiger charge is 2.29. The average molecular weight is 265 g/mol. The van der Waals surface area contributed by atoms with E-state index in [1.165, 1.54) is 0 Å². The van der Waals surface area contributed by atoms with E-state index in [0.717, 1.165) is 23.5 Å². The highest BCUT2D eigenvalue weighted by molar-refractivity contribution is 7.91. The second-order valence-electron chi connectivity index (χ2n) is 5.02. The summed E-state index contributed by atoms with van der Waals surface area (Å²) >= 11 is 0. The number of aromatic nitrogens is 3. The van der Waals surface area contributed by atoms with Crippen LogP contribution in [0.25, 0.3) is 5.65 Å². The van der Waals surface area contributed by atoms with Crippen molar-refractivity contribution in [3.63, 3.8) is 0 Å². The Kier molecular flexibility index (Phi) is 2.62. The minimum Gasteiger partial charge on any atom is -0.286 e. The lowest BCUT2D eigenvalue weighted by molar-refractivity contribution is 0.566. The number of pyridine rings is 1. The van der Waals surface area contributed by atoms with Gasteiger partial charge in [-0.15, -0.1) is 10.2 Å². The fourth-order valence-electron chi connectivity index (χ4n) is 2.47. The lowest BCUT2D eigenvalue weighted by atomic mass is 10.1. The van der Waals surface area contributed by atoms with E-state index in [4.69, 9.17) is 0 Å². The highest BCUT2D eigenvalue weighted by atomic mass is 32.2. The van der Waals surface area contributed by atoms with Crippen LogP contribution < -0.4 is 0 Å². The minimum absolute atomic E-state index is 0.184. The first kappa shape index (κ1) is 11.6. The van der Waals surface area contributed by atoms with E-state index in [1.807, 2.05) is 29.7 Å². The van der Waals surface area contributed by atoms with Crippen molar-refractivity contribution in [2.45, 2.75) is 19.8 Å². The molecular weight excluding hydrogens is 250 g/mol. The monoisotopic (exact) mass is 265 g/mol. The third-order valence-electron chi connectivity index (χ3n) is 3.43. The summed E-state index contributed by atoms with van der Waals surface area (Å²) in [6, 6.07) is 3.98. The fraction of sp³-hybridized carbons (Fsp3) is 0.500. The van der Waals surface area contributed by atoms with Gasteiger partial charge in [0.1, 0.15) is 5.82 Å². The van der Waals surface area contributed by atoms with Crippen LogP contribution in [-0.4, -0.2) is 34.5 Å². The summed E-state index contributed by atoms with van der Waals surface area (Å²) < 4.78 is 24.8. The van der Waals surface area contributed by atoms with Crippen molar-refractivity contribution in [2.24, 2.45) is 5.92 Å². The van der Waals surface area contributed by atoms with Gasteiger partial charge in [-0.05, 0) is 37.0 Å². The maximum atomic E-state index is 11.4. The van der Waals surface area contributed by atoms with Crippen molar-refractivity contribution in [2.75, 3.05) is 11.5 Å². The van der Waals surface area contributed by atoms with Crippen molar-refractivity contribution >= 4 is 15.5 Å². The molecule has 5 nitrogen and oxygen atoms in total. The van der Waals surface area contributed by atoms with Gasteiger partial charge >= 0.3 is 0 Å². The van der Waals surface area contributed by atoms with Gasteiger partial charge in [-0.3, -0.25) is 4.40 Å². The van der Waals surface area contributed by atoms with E-state index in [2.05, 4.69) is 10.2 Å². The van der Waals surface area contributed by atoms with Gasteiger partial charge in [0.25, 0.3) is 0 Å². The molecule has 6 heteroatoms. The third kappa shape index (κ3) is 2.12. The summed E-state index contributed by atoms with van der Waals surface area (Å²) in [4.78, 5) is 0. The number of rotatable bonds is 2. The van der Waals surface area contributed by atoms with Gasteiger partial charge in [-0.25, -0.2) is 8.42 Å². The molecule has 1 atom stereocenters. The number of fused-ring (bicyclic) bond motifs is 1. The van der Waals surface area contributed by atoms with Gasteiger partial charge < -0.3 is 0 Å². The Labute approximate surface area is 106 Å². The minimum atomic E-state index is -2.82. The van der Waals surface area contributed by atoms with Gasteiger partial charge in [-0.2, -0.15) is 0 Å². The summed E-state index contributed by atoms with van der Waals surface area (Å²) in [7, 11) is -2.82. The molecule has 0 amide bonds. The second kappa shape index (κ2) is 4.05. The first-order valence-electron chi connectivity index (χ1n) is 6.04. The SMILES string of the molecule is Cc1ccn2c(CC3CCS(=O)(=O)C3)nnc2c1. The molecule has 1 unspecified atom stereocenters. The Morgan fingerprint density at radius 2 is 2.28 bits per heavy atom. The number of sulfone groups is 1. The molecule has 2 aromatic heterocycles. The summed E-state index contributed by atoms with van der Waals surface area (Å²) in [5.41, 5.74) is 1.97. The zero-order valence-electron chi connectivity index (χ0n) is 10.2. The molecule has 0 N–H and O–H groups in total. The molecule has 3 heterocycles. The lowest BCUT2D eigenvalue weighted by Gasteiger charge is -2.05. The van der Waals surface area contributed by atoms with Crippen LogP contribution in [0.1, 0.15) is 17.8 Å². The molecule has 3 rings (SSSR count). The summed E-state index contributed by atoms with van der Waals surface area (Å²) in [5.74, 6) is 1.64. The van der Waals surface area contributed by atoms with Crippen LogP contribution in [0.2, 0.25) is 0 Å². The Balaban J connectivity index is 1.87. The Bertz CT molecular complexity index is 690. The van der Waals surface area contributed by atoms with Crippen molar-refractivity contribution in [1.29, 1.82) is 0 Å². The van der Waals surface area contributed by atoms with E-state index < -0.39 is 9.84 Å². The zero-order valence-corrected chi connectivity index (χ0v) is 11.0. The molecule has 2 aromatic rings. The zero-order chi connectivity index (χ0) is 12.8. The van der Waals surface area contributed by atoms with E-state index in [-0.39, 0.29) is 11.7 Å². The standard InChI is InChI=1S/C12H15N3O2S/c1-9-2-4-15-11(6-9)13-14-12(15)7-10-3-5-18(16,17)8-10/h2,4,6,10H,3,5,7-8H2,1H3. The number of nitrogens with zero attached hydrogens (tertiary/aromatic N) is 3. The summed E-state index contributed by atoms with van der Waals surface area (Å²) in [6.45, 7) is 2.01. The van der Waals surface area contributed by atoms with Gasteiger partial charge in [0.05, 0.1) is 11.5 Å². The van der Waals surface area contributed by atoms with E-state index in [0.29, 0.717) is 12.2 Å². The normalized spacial score (nSPS) is 22.6. The largest absolute Gasteiger partial charge is 0.286 e. The van der Waals surface area contributed by atoms with Crippen LogP contribution in [0.4, 0.5) is 0 Å². The fourth-order valence-corrected chi connectivity index (χ4v) is 4.33. The van der Waals surface area contributed by atoms with E-state index in [1.54, 1.807) is 0 Å². The smallest absolute Gasteiger partial charge is 0.161 e. The first-order chi connectivity index (χ1) is 8.53. The molecule has 96 valence electrons. The molecule has 0 aliphatic carbocycles. The quantitative estimate of drug-likeness (QED) is 0.813. The van der Waals surface area contributed by atoms with Crippen LogP contribution in [-0.2, 0) is 16.3 Å². The van der Waals surface area contributed by atoms with Crippen LogP contribution in [0.5, 0.6) is 0 Å². The van der Waals surface area contributed by atoms with Gasteiger partial charge in [0.2, 0.25) is 0 Å². The molecule has 0 radical (unpaired) electrons. The molecule has 0 bridgehead atoms. The molecule has 18 heavy (non-hydrogen) atoms. The van der Waals surface area contributed by atoms with Crippen LogP contribution in [0, 0.1) is 12.8 Å². The Morgan fingerprint density at radius 3 is 3.00 bits per heavy atom. The predicted octanol–water partition coefficient (Wildman–Crippen LogP) is 1.01. The Morgan fingerprint density at radius 1 is 1.44 bits per heavy atom. The topological polar surface area (TPSA) is 64.3 Å². The van der Waals surface area contributed by atoms with Gasteiger partial charge in [-0.1, -0.05) is 0 Å². The number of aryl methyl sites for hydroxylation is 1.